The number of halogens is 1. The molecule has 3 aromatic carbocycles. The first kappa shape index (κ1) is 33.3. The number of aliphatic hydroxyl groups is 1. The molecule has 1 aliphatic rings. The van der Waals surface area contributed by atoms with Gasteiger partial charge in [-0.15, -0.1) is 0 Å². The molecule has 1 atom stereocenters. The molecule has 7 heteroatoms. The van der Waals surface area contributed by atoms with E-state index in [0.29, 0.717) is 5.02 Å². The number of hydrogen-bond donors (Lipinski definition) is 2. The van der Waals surface area contributed by atoms with E-state index in [-0.39, 0.29) is 65.4 Å². The number of benzene rings is 3. The van der Waals surface area contributed by atoms with Gasteiger partial charge in [-0.1, -0.05) is 78.3 Å². The summed E-state index contributed by atoms with van der Waals surface area (Å²) in [7, 11) is 0. The van der Waals surface area contributed by atoms with Crippen LogP contribution in [0.4, 0.5) is 0 Å². The van der Waals surface area contributed by atoms with Gasteiger partial charge < -0.3 is 13.1 Å². The van der Waals surface area contributed by atoms with E-state index < -0.39 is 11.6 Å². The molecule has 0 spiro atoms. The van der Waals surface area contributed by atoms with Gasteiger partial charge in [-0.25, -0.2) is 4.98 Å². The van der Waals surface area contributed by atoms with Crippen molar-refractivity contribution < 1.29 is 17.9 Å². The zero-order chi connectivity index (χ0) is 29.0. The van der Waals surface area contributed by atoms with E-state index in [9.17, 15) is 15.0 Å². The van der Waals surface area contributed by atoms with E-state index in [0.717, 1.165) is 64.7 Å². The zero-order valence-corrected chi connectivity index (χ0v) is 29.3. The van der Waals surface area contributed by atoms with Gasteiger partial charge >= 0.3 is 51.5 Å². The summed E-state index contributed by atoms with van der Waals surface area (Å²) >= 11 is 8.04. The van der Waals surface area contributed by atoms with E-state index in [1.54, 1.807) is 0 Å². The zero-order valence-electron chi connectivity index (χ0n) is 26.2. The van der Waals surface area contributed by atoms with Gasteiger partial charge in [0.1, 0.15) is 0 Å². The summed E-state index contributed by atoms with van der Waals surface area (Å²) in [5.41, 5.74) is 5.15. The summed E-state index contributed by atoms with van der Waals surface area (Å²) < 4.78 is 0. The van der Waals surface area contributed by atoms with Crippen LogP contribution in [0.25, 0.3) is 23.1 Å². The molecule has 0 unspecified atom stereocenters. The molecule has 0 saturated heterocycles. The van der Waals surface area contributed by atoms with Crippen LogP contribution in [0.2, 0.25) is 5.02 Å². The van der Waals surface area contributed by atoms with Crippen molar-refractivity contribution in [3.05, 3.63) is 112 Å². The molecule has 0 bridgehead atoms. The van der Waals surface area contributed by atoms with Crippen molar-refractivity contribution in [2.24, 2.45) is 5.41 Å². The summed E-state index contributed by atoms with van der Waals surface area (Å²) in [6.07, 6.45) is 8.02. The van der Waals surface area contributed by atoms with Crippen molar-refractivity contribution in [1.29, 1.82) is 0 Å². The van der Waals surface area contributed by atoms with Crippen LogP contribution in [0.15, 0.2) is 78.9 Å². The van der Waals surface area contributed by atoms with E-state index in [4.69, 9.17) is 16.6 Å². The number of hydrogen-bond acceptors (Lipinski definition) is 4. The molecule has 1 aromatic heterocycles. The Bertz CT molecular complexity index is 1590. The molecule has 2 N–H and O–H groups in total. The third-order valence-electron chi connectivity index (χ3n) is 7.83. The first-order valence-electron chi connectivity index (χ1n) is 14.1. The number of rotatable bonds is 12. The Morgan fingerprint density at radius 3 is 2.57 bits per heavy atom. The van der Waals surface area contributed by atoms with Gasteiger partial charge in [0.2, 0.25) is 0 Å². The van der Waals surface area contributed by atoms with Crippen molar-refractivity contribution in [3.8, 4) is 0 Å². The van der Waals surface area contributed by atoms with Gasteiger partial charge in [0.15, 0.2) is 0 Å². The van der Waals surface area contributed by atoms with Crippen LogP contribution in [-0.2, 0) is 16.8 Å². The van der Waals surface area contributed by atoms with Crippen LogP contribution in [0.3, 0.4) is 0 Å². The Hall–Kier alpha value is -1.64. The Kier molecular flexibility index (Phi) is 11.4. The first-order chi connectivity index (χ1) is 19.6. The molecule has 5 rings (SSSR count). The maximum atomic E-state index is 11.5. The summed E-state index contributed by atoms with van der Waals surface area (Å²) in [4.78, 5) is 16.2. The molecular formula is C35H38ClNO3SSr. The number of carboxylic acids is 1. The van der Waals surface area contributed by atoms with Crippen molar-refractivity contribution in [3.63, 3.8) is 0 Å². The second-order valence-corrected chi connectivity index (χ2v) is 13.3. The predicted molar refractivity (Wildman–Crippen MR) is 179 cm³/mol. The number of fused-ring (bicyclic) bond motifs is 1. The van der Waals surface area contributed by atoms with Crippen LogP contribution in [0.1, 0.15) is 75.6 Å². The third-order valence-corrected chi connectivity index (χ3v) is 9.76. The molecular weight excluding hydrogens is 638 g/mol. The monoisotopic (exact) mass is 675 g/mol. The second-order valence-electron chi connectivity index (χ2n) is 11.7. The smallest absolute Gasteiger partial charge is 1.00 e. The average Bonchev–Trinajstić information content (AvgIpc) is 3.70. The maximum Gasteiger partial charge on any atom is 2.00 e. The minimum atomic E-state index is -0.911. The van der Waals surface area contributed by atoms with Gasteiger partial charge in [0.05, 0.1) is 23.2 Å². The predicted octanol–water partition coefficient (Wildman–Crippen LogP) is 8.79. The Morgan fingerprint density at radius 1 is 1.07 bits per heavy atom. The third kappa shape index (κ3) is 8.95. The summed E-state index contributed by atoms with van der Waals surface area (Å²) in [6.45, 7) is 3.66. The summed E-state index contributed by atoms with van der Waals surface area (Å²) in [6, 6.07) is 26.5. The number of aromatic nitrogens is 1. The maximum absolute atomic E-state index is 11.5. The van der Waals surface area contributed by atoms with Crippen LogP contribution in [0.5, 0.6) is 0 Å². The number of nitrogens with zero attached hydrogens (tertiary/aromatic N) is 1. The molecule has 42 heavy (non-hydrogen) atoms. The van der Waals surface area contributed by atoms with Crippen molar-refractivity contribution in [2.45, 2.75) is 56.8 Å². The van der Waals surface area contributed by atoms with Gasteiger partial charge in [-0.2, -0.15) is 11.8 Å². The molecule has 1 heterocycles. The fourth-order valence-electron chi connectivity index (χ4n) is 5.36. The second kappa shape index (κ2) is 14.4. The molecule has 1 aliphatic carbocycles. The summed E-state index contributed by atoms with van der Waals surface area (Å²) in [5.74, 6) is 0.122. The largest absolute Gasteiger partial charge is 2.00 e. The SMILES string of the molecule is CC(C)(O)c1ccccc1CC[C@@H](SCC1(CC(=O)O)CC1)c1cccc(C=Cc2ccc3ccc(Cl)cc3n2)c1.[H-].[H-].[Sr+2]. The van der Waals surface area contributed by atoms with Crippen molar-refractivity contribution >= 4 is 97.9 Å². The molecule has 1 saturated carbocycles. The quantitative estimate of drug-likeness (QED) is 0.147. The molecule has 4 aromatic rings. The fourth-order valence-corrected chi connectivity index (χ4v) is 7.09. The minimum absolute atomic E-state index is 0. The first-order valence-corrected chi connectivity index (χ1v) is 15.5. The van der Waals surface area contributed by atoms with Crippen LogP contribution < -0.4 is 0 Å². The Morgan fingerprint density at radius 2 is 1.83 bits per heavy atom. The fraction of sp³-hybridized carbons (Fsp3) is 0.314. The van der Waals surface area contributed by atoms with Crippen LogP contribution >= 0.6 is 23.4 Å². The topological polar surface area (TPSA) is 70.4 Å². The van der Waals surface area contributed by atoms with Crippen LogP contribution in [-0.4, -0.2) is 72.4 Å². The van der Waals surface area contributed by atoms with Crippen molar-refractivity contribution in [1.82, 2.24) is 4.98 Å². The Balaban J connectivity index is 0.00000225. The van der Waals surface area contributed by atoms with Crippen molar-refractivity contribution in [2.75, 3.05) is 5.75 Å². The molecule has 216 valence electrons. The average molecular weight is 676 g/mol. The van der Waals surface area contributed by atoms with E-state index in [1.807, 2.05) is 74.1 Å². The molecule has 1 fully saturated rings. The molecule has 4 nitrogen and oxygen atoms in total. The number of pyridine rings is 1. The molecule has 0 radical (unpaired) electrons. The standard InChI is InChI=1S/C35H36ClNO3S.Sr.2H/c1-34(2,40)30-9-4-3-7-25(30)13-17-32(41-23-35(18-19-35)22-33(38)39)27-8-5-6-24(20-27)10-15-29-16-12-26-11-14-28(36)21-31(26)37-29;;;/h3-12,14-16,20-21,32,40H,13,17-19,22-23H2,1-2H3,(H,38,39);;;/q;+2;2*-1/t32-;;;/m1.../s1. The molecule has 0 amide bonds. The Labute approximate surface area is 297 Å². The van der Waals surface area contributed by atoms with Crippen LogP contribution in [0, 0.1) is 5.41 Å². The number of carbonyl (C=O) groups is 1. The summed E-state index contributed by atoms with van der Waals surface area (Å²) in [5, 5.41) is 22.1. The molecule has 0 aliphatic heterocycles. The minimum Gasteiger partial charge on any atom is -1.00 e. The van der Waals surface area contributed by atoms with Gasteiger partial charge in [0.25, 0.3) is 0 Å². The van der Waals surface area contributed by atoms with Gasteiger partial charge in [-0.3, -0.25) is 4.79 Å². The van der Waals surface area contributed by atoms with Gasteiger partial charge in [-0.05, 0) is 91.5 Å². The normalized spacial score (nSPS) is 15.0. The number of aryl methyl sites for hydroxylation is 1. The number of carboxylic acid groups (broad SMARTS) is 1. The van der Waals surface area contributed by atoms with E-state index in [2.05, 4.69) is 42.5 Å². The number of aliphatic carboxylic acids is 1. The number of thioether (sulfide) groups is 1. The van der Waals surface area contributed by atoms with Gasteiger partial charge in [0, 0.05) is 21.4 Å². The van der Waals surface area contributed by atoms with E-state index in [1.165, 1.54) is 5.56 Å². The van der Waals surface area contributed by atoms with E-state index >= 15 is 0 Å².